The minimum Gasteiger partial charge on any atom is -0.493 e. The molecule has 0 bridgehead atoms. The molecule has 3 heteroatoms. The summed E-state index contributed by atoms with van der Waals surface area (Å²) in [4.78, 5) is 0. The Balaban J connectivity index is 2.10. The third-order valence-electron chi connectivity index (χ3n) is 2.87. The number of rotatable bonds is 0. The highest BCUT2D eigenvalue weighted by Crippen LogP contribution is 2.67. The number of halogens is 2. The van der Waals surface area contributed by atoms with Crippen LogP contribution in [-0.4, -0.2) is 10.9 Å². The summed E-state index contributed by atoms with van der Waals surface area (Å²) in [6.45, 7) is 0.648. The van der Waals surface area contributed by atoms with Gasteiger partial charge in [-0.05, 0) is 6.07 Å². The molecular formula is C10H8Cl2O. The third kappa shape index (κ3) is 0.947. The molecule has 1 aliphatic carbocycles. The zero-order valence-corrected chi connectivity index (χ0v) is 8.35. The summed E-state index contributed by atoms with van der Waals surface area (Å²) in [7, 11) is 0. The van der Waals surface area contributed by atoms with E-state index in [1.54, 1.807) is 0 Å². The summed E-state index contributed by atoms with van der Waals surface area (Å²) in [5.41, 5.74) is 1.16. The van der Waals surface area contributed by atoms with Gasteiger partial charge in [0, 0.05) is 17.4 Å². The molecule has 13 heavy (non-hydrogen) atoms. The van der Waals surface area contributed by atoms with Crippen molar-refractivity contribution in [3.8, 4) is 5.75 Å². The fourth-order valence-electron chi connectivity index (χ4n) is 2.07. The van der Waals surface area contributed by atoms with Crippen LogP contribution in [0.2, 0.25) is 0 Å². The zero-order valence-electron chi connectivity index (χ0n) is 6.84. The molecule has 1 aromatic rings. The van der Waals surface area contributed by atoms with E-state index >= 15 is 0 Å². The molecule has 68 valence electrons. The first kappa shape index (κ1) is 7.95. The number of ether oxygens (including phenoxy) is 1. The molecule has 2 atom stereocenters. The van der Waals surface area contributed by atoms with E-state index in [0.29, 0.717) is 6.61 Å². The molecule has 1 nitrogen and oxygen atoms in total. The van der Waals surface area contributed by atoms with Crippen molar-refractivity contribution in [3.63, 3.8) is 0 Å². The van der Waals surface area contributed by atoms with Crippen molar-refractivity contribution in [2.24, 2.45) is 5.92 Å². The highest BCUT2D eigenvalue weighted by molar-refractivity contribution is 6.52. The topological polar surface area (TPSA) is 9.23 Å². The van der Waals surface area contributed by atoms with Crippen LogP contribution in [0.5, 0.6) is 5.75 Å². The van der Waals surface area contributed by atoms with E-state index in [4.69, 9.17) is 27.9 Å². The second-order valence-corrected chi connectivity index (χ2v) is 5.05. The van der Waals surface area contributed by atoms with E-state index in [0.717, 1.165) is 11.3 Å². The smallest absolute Gasteiger partial charge is 0.132 e. The van der Waals surface area contributed by atoms with Crippen LogP contribution in [0.4, 0.5) is 0 Å². The average Bonchev–Trinajstić information content (AvgIpc) is 2.70. The Bertz CT molecular complexity index is 362. The first-order valence-corrected chi connectivity index (χ1v) is 5.06. The summed E-state index contributed by atoms with van der Waals surface area (Å²) < 4.78 is 4.95. The summed E-state index contributed by atoms with van der Waals surface area (Å²) in [6, 6.07) is 7.96. The Labute approximate surface area is 86.6 Å². The molecule has 0 amide bonds. The Morgan fingerprint density at radius 1 is 1.31 bits per heavy atom. The second kappa shape index (κ2) is 2.34. The molecule has 1 fully saturated rings. The lowest BCUT2D eigenvalue weighted by Crippen LogP contribution is -2.08. The van der Waals surface area contributed by atoms with Crippen molar-refractivity contribution >= 4 is 23.2 Å². The first-order chi connectivity index (χ1) is 6.21. The van der Waals surface area contributed by atoms with Gasteiger partial charge in [0.15, 0.2) is 0 Å². The number of para-hydroxylation sites is 1. The molecule has 0 spiro atoms. The van der Waals surface area contributed by atoms with Gasteiger partial charge in [-0.2, -0.15) is 0 Å². The Hall–Kier alpha value is -0.400. The number of alkyl halides is 2. The molecule has 0 aromatic heterocycles. The van der Waals surface area contributed by atoms with Crippen LogP contribution >= 0.6 is 23.2 Å². The van der Waals surface area contributed by atoms with Crippen molar-refractivity contribution in [1.82, 2.24) is 0 Å². The molecule has 2 aliphatic rings. The van der Waals surface area contributed by atoms with Crippen LogP contribution < -0.4 is 4.74 Å². The minimum absolute atomic E-state index is 0.279. The van der Waals surface area contributed by atoms with Crippen LogP contribution in [0.15, 0.2) is 24.3 Å². The molecule has 1 aliphatic heterocycles. The number of hydrogen-bond acceptors (Lipinski definition) is 1. The van der Waals surface area contributed by atoms with Gasteiger partial charge in [0.05, 0.1) is 6.61 Å². The van der Waals surface area contributed by atoms with Gasteiger partial charge in [0.25, 0.3) is 0 Å². The monoisotopic (exact) mass is 214 g/mol. The average molecular weight is 215 g/mol. The molecule has 1 aromatic carbocycles. The third-order valence-corrected chi connectivity index (χ3v) is 3.91. The predicted octanol–water partition coefficient (Wildman–Crippen LogP) is 2.97. The van der Waals surface area contributed by atoms with Crippen molar-refractivity contribution in [1.29, 1.82) is 0 Å². The van der Waals surface area contributed by atoms with Crippen molar-refractivity contribution in [3.05, 3.63) is 29.8 Å². The van der Waals surface area contributed by atoms with Crippen molar-refractivity contribution in [2.75, 3.05) is 6.61 Å². The van der Waals surface area contributed by atoms with E-state index in [2.05, 4.69) is 0 Å². The molecule has 2 unspecified atom stereocenters. The number of fused-ring (bicyclic) bond motifs is 3. The minimum atomic E-state index is -0.591. The van der Waals surface area contributed by atoms with Crippen LogP contribution in [0, 0.1) is 5.92 Å². The molecule has 0 saturated heterocycles. The van der Waals surface area contributed by atoms with Crippen LogP contribution in [0.3, 0.4) is 0 Å². The maximum absolute atomic E-state index is 6.13. The summed E-state index contributed by atoms with van der Waals surface area (Å²) in [5, 5.41) is 0. The van der Waals surface area contributed by atoms with Gasteiger partial charge in [0.1, 0.15) is 10.1 Å². The van der Waals surface area contributed by atoms with E-state index < -0.39 is 4.33 Å². The standard InChI is InChI=1S/C10H8Cl2O/c11-10(12)7-5-13-8-4-2-1-3-6(8)9(7)10/h1-4,7,9H,5H2. The lowest BCUT2D eigenvalue weighted by Gasteiger charge is -2.14. The van der Waals surface area contributed by atoms with Gasteiger partial charge < -0.3 is 4.74 Å². The quantitative estimate of drug-likeness (QED) is 0.604. The number of hydrogen-bond donors (Lipinski definition) is 0. The Morgan fingerprint density at radius 3 is 2.92 bits per heavy atom. The maximum atomic E-state index is 6.13. The second-order valence-electron chi connectivity index (χ2n) is 3.61. The first-order valence-electron chi connectivity index (χ1n) is 4.31. The van der Waals surface area contributed by atoms with Gasteiger partial charge in [-0.15, -0.1) is 23.2 Å². The van der Waals surface area contributed by atoms with Gasteiger partial charge in [0.2, 0.25) is 0 Å². The molecule has 1 saturated carbocycles. The number of benzene rings is 1. The Kier molecular flexibility index (Phi) is 1.43. The summed E-state index contributed by atoms with van der Waals surface area (Å²) in [5.74, 6) is 1.50. The van der Waals surface area contributed by atoms with Gasteiger partial charge in [-0.25, -0.2) is 0 Å². The fourth-order valence-corrected chi connectivity index (χ4v) is 2.86. The molecule has 3 rings (SSSR count). The largest absolute Gasteiger partial charge is 0.493 e. The SMILES string of the molecule is ClC1(Cl)C2COc3ccccc3C21. The Morgan fingerprint density at radius 2 is 2.08 bits per heavy atom. The lowest BCUT2D eigenvalue weighted by atomic mass is 10.1. The summed E-state index contributed by atoms with van der Waals surface area (Å²) >= 11 is 12.3. The highest BCUT2D eigenvalue weighted by Gasteiger charge is 2.66. The predicted molar refractivity (Wildman–Crippen MR) is 52.6 cm³/mol. The normalized spacial score (nSPS) is 32.8. The van der Waals surface area contributed by atoms with E-state index in [9.17, 15) is 0 Å². The fraction of sp³-hybridized carbons (Fsp3) is 0.400. The van der Waals surface area contributed by atoms with Crippen molar-refractivity contribution < 1.29 is 4.74 Å². The van der Waals surface area contributed by atoms with Gasteiger partial charge in [-0.1, -0.05) is 18.2 Å². The maximum Gasteiger partial charge on any atom is 0.132 e. The lowest BCUT2D eigenvalue weighted by molar-refractivity contribution is 0.278. The molecule has 1 heterocycles. The molecular weight excluding hydrogens is 207 g/mol. The van der Waals surface area contributed by atoms with Gasteiger partial charge >= 0.3 is 0 Å². The van der Waals surface area contributed by atoms with Crippen molar-refractivity contribution in [2.45, 2.75) is 10.3 Å². The van der Waals surface area contributed by atoms with Crippen LogP contribution in [0.1, 0.15) is 11.5 Å². The van der Waals surface area contributed by atoms with Crippen LogP contribution in [-0.2, 0) is 0 Å². The van der Waals surface area contributed by atoms with Crippen LogP contribution in [0.25, 0.3) is 0 Å². The van der Waals surface area contributed by atoms with E-state index in [-0.39, 0.29) is 11.8 Å². The summed E-state index contributed by atoms with van der Waals surface area (Å²) in [6.07, 6.45) is 0. The van der Waals surface area contributed by atoms with E-state index in [1.165, 1.54) is 0 Å². The van der Waals surface area contributed by atoms with E-state index in [1.807, 2.05) is 24.3 Å². The molecule has 0 radical (unpaired) electrons. The molecule has 0 N–H and O–H groups in total. The highest BCUT2D eigenvalue weighted by atomic mass is 35.5. The van der Waals surface area contributed by atoms with Gasteiger partial charge in [-0.3, -0.25) is 0 Å². The zero-order chi connectivity index (χ0) is 9.05.